The van der Waals surface area contributed by atoms with Crippen LogP contribution in [0.5, 0.6) is 0 Å². The van der Waals surface area contributed by atoms with Gasteiger partial charge in [0.05, 0.1) is 18.8 Å². The molecule has 0 spiro atoms. The van der Waals surface area contributed by atoms with E-state index in [-0.39, 0.29) is 18.0 Å². The van der Waals surface area contributed by atoms with Crippen molar-refractivity contribution in [3.8, 4) is 0 Å². The third kappa shape index (κ3) is 4.01. The van der Waals surface area contributed by atoms with Crippen LogP contribution in [0.2, 0.25) is 0 Å². The van der Waals surface area contributed by atoms with Gasteiger partial charge >= 0.3 is 0 Å². The molecule has 1 saturated heterocycles. The van der Waals surface area contributed by atoms with Gasteiger partial charge in [-0.2, -0.15) is 0 Å². The van der Waals surface area contributed by atoms with Gasteiger partial charge in [-0.1, -0.05) is 26.0 Å². The molecule has 0 amide bonds. The molecule has 2 rings (SSSR count). The van der Waals surface area contributed by atoms with E-state index in [1.165, 1.54) is 6.07 Å². The fourth-order valence-corrected chi connectivity index (χ4v) is 2.84. The predicted octanol–water partition coefficient (Wildman–Crippen LogP) is 2.59. The summed E-state index contributed by atoms with van der Waals surface area (Å²) in [5.41, 5.74) is 0.968. The van der Waals surface area contributed by atoms with Crippen molar-refractivity contribution < 1.29 is 9.13 Å². The molecule has 4 heteroatoms. The molecule has 1 aliphatic rings. The fraction of sp³-hybridized carbons (Fsp3) is 0.625. The summed E-state index contributed by atoms with van der Waals surface area (Å²) in [7, 11) is 0. The van der Waals surface area contributed by atoms with E-state index in [1.54, 1.807) is 12.1 Å². The number of likely N-dealkylation sites (N-methyl/N-ethyl adjacent to an activating group) is 1. The summed E-state index contributed by atoms with van der Waals surface area (Å²) in [6.45, 7) is 8.85. The molecule has 1 N–H and O–H groups in total. The highest BCUT2D eigenvalue weighted by Crippen LogP contribution is 2.23. The zero-order valence-corrected chi connectivity index (χ0v) is 12.4. The summed E-state index contributed by atoms with van der Waals surface area (Å²) < 4.78 is 19.4. The monoisotopic (exact) mass is 280 g/mol. The Bertz CT molecular complexity index is 411. The number of hydrogen-bond donors (Lipinski definition) is 1. The van der Waals surface area contributed by atoms with Crippen molar-refractivity contribution in [1.82, 2.24) is 10.2 Å². The maximum absolute atomic E-state index is 13.5. The first-order chi connectivity index (χ1) is 9.74. The maximum atomic E-state index is 13.5. The number of ether oxygens (including phenoxy) is 1. The molecule has 0 aliphatic carbocycles. The number of nitrogens with zero attached hydrogens (tertiary/aromatic N) is 1. The Hall–Kier alpha value is -0.970. The lowest BCUT2D eigenvalue weighted by atomic mass is 9.99. The number of halogens is 1. The SMILES string of the molecule is CCCN1CCOC(C(NCC)c2cccc(F)c2)C1. The van der Waals surface area contributed by atoms with Crippen LogP contribution in [0.4, 0.5) is 4.39 Å². The molecule has 2 unspecified atom stereocenters. The van der Waals surface area contributed by atoms with E-state index in [0.29, 0.717) is 0 Å². The first-order valence-corrected chi connectivity index (χ1v) is 7.57. The highest BCUT2D eigenvalue weighted by Gasteiger charge is 2.28. The predicted molar refractivity (Wildman–Crippen MR) is 79.3 cm³/mol. The zero-order valence-electron chi connectivity index (χ0n) is 12.4. The summed E-state index contributed by atoms with van der Waals surface area (Å²) in [5, 5.41) is 3.44. The lowest BCUT2D eigenvalue weighted by Gasteiger charge is -2.37. The van der Waals surface area contributed by atoms with Crippen molar-refractivity contribution in [3.05, 3.63) is 35.6 Å². The zero-order chi connectivity index (χ0) is 14.4. The normalized spacial score (nSPS) is 21.9. The van der Waals surface area contributed by atoms with Gasteiger partial charge < -0.3 is 10.1 Å². The van der Waals surface area contributed by atoms with Crippen molar-refractivity contribution >= 4 is 0 Å². The molecule has 1 heterocycles. The second kappa shape index (κ2) is 7.72. The van der Waals surface area contributed by atoms with E-state index >= 15 is 0 Å². The minimum absolute atomic E-state index is 0.0513. The third-order valence-corrected chi connectivity index (χ3v) is 3.72. The topological polar surface area (TPSA) is 24.5 Å². The molecule has 112 valence electrons. The molecule has 0 aromatic heterocycles. The van der Waals surface area contributed by atoms with Crippen molar-refractivity contribution in [2.45, 2.75) is 32.4 Å². The standard InChI is InChI=1S/C16H25FN2O/c1-3-8-19-9-10-20-15(12-19)16(18-4-2)13-6-5-7-14(17)11-13/h5-7,11,15-16,18H,3-4,8-10,12H2,1-2H3. The summed E-state index contributed by atoms with van der Waals surface area (Å²) in [6.07, 6.45) is 1.23. The van der Waals surface area contributed by atoms with E-state index in [9.17, 15) is 4.39 Å². The molecule has 1 aromatic carbocycles. The smallest absolute Gasteiger partial charge is 0.123 e. The first-order valence-electron chi connectivity index (χ1n) is 7.57. The molecular weight excluding hydrogens is 255 g/mol. The summed E-state index contributed by atoms with van der Waals surface area (Å²) >= 11 is 0. The summed E-state index contributed by atoms with van der Waals surface area (Å²) in [5.74, 6) is -0.188. The number of nitrogens with one attached hydrogen (secondary N) is 1. The van der Waals surface area contributed by atoms with Crippen LogP contribution >= 0.6 is 0 Å². The molecule has 0 radical (unpaired) electrons. The van der Waals surface area contributed by atoms with Crippen LogP contribution in [-0.4, -0.2) is 43.8 Å². The van der Waals surface area contributed by atoms with Crippen LogP contribution in [-0.2, 0) is 4.74 Å². The number of hydrogen-bond acceptors (Lipinski definition) is 3. The van der Waals surface area contributed by atoms with Crippen molar-refractivity contribution in [2.24, 2.45) is 0 Å². The van der Waals surface area contributed by atoms with Crippen LogP contribution < -0.4 is 5.32 Å². The highest BCUT2D eigenvalue weighted by molar-refractivity contribution is 5.21. The Kier molecular flexibility index (Phi) is 5.95. The lowest BCUT2D eigenvalue weighted by Crippen LogP contribution is -2.48. The molecule has 0 saturated carbocycles. The summed E-state index contributed by atoms with van der Waals surface area (Å²) in [4.78, 5) is 2.43. The van der Waals surface area contributed by atoms with Gasteiger partial charge in [0.25, 0.3) is 0 Å². The van der Waals surface area contributed by atoms with E-state index in [1.807, 2.05) is 6.07 Å². The largest absolute Gasteiger partial charge is 0.374 e. The van der Waals surface area contributed by atoms with Gasteiger partial charge in [0.2, 0.25) is 0 Å². The van der Waals surface area contributed by atoms with Crippen LogP contribution in [0.25, 0.3) is 0 Å². The number of rotatable bonds is 6. The van der Waals surface area contributed by atoms with Gasteiger partial charge in [-0.05, 0) is 37.2 Å². The van der Waals surface area contributed by atoms with E-state index in [2.05, 4.69) is 24.1 Å². The third-order valence-electron chi connectivity index (χ3n) is 3.72. The molecule has 1 aliphatic heterocycles. The van der Waals surface area contributed by atoms with Gasteiger partial charge in [0, 0.05) is 13.1 Å². The van der Waals surface area contributed by atoms with Crippen LogP contribution in [0.15, 0.2) is 24.3 Å². The van der Waals surface area contributed by atoms with E-state index in [0.717, 1.165) is 44.8 Å². The second-order valence-electron chi connectivity index (χ2n) is 5.30. The molecule has 2 atom stereocenters. The molecular formula is C16H25FN2O. The van der Waals surface area contributed by atoms with Gasteiger partial charge in [-0.3, -0.25) is 4.90 Å². The Balaban J connectivity index is 2.11. The maximum Gasteiger partial charge on any atom is 0.123 e. The fourth-order valence-electron chi connectivity index (χ4n) is 2.84. The average molecular weight is 280 g/mol. The number of morpholine rings is 1. The second-order valence-corrected chi connectivity index (χ2v) is 5.30. The van der Waals surface area contributed by atoms with Crippen molar-refractivity contribution in [1.29, 1.82) is 0 Å². The Labute approximate surface area is 121 Å². The summed E-state index contributed by atoms with van der Waals surface area (Å²) in [6, 6.07) is 6.88. The quantitative estimate of drug-likeness (QED) is 0.867. The van der Waals surface area contributed by atoms with Gasteiger partial charge in [0.1, 0.15) is 5.82 Å². The Morgan fingerprint density at radius 1 is 1.45 bits per heavy atom. The minimum atomic E-state index is -0.188. The van der Waals surface area contributed by atoms with E-state index in [4.69, 9.17) is 4.74 Å². The van der Waals surface area contributed by atoms with Crippen molar-refractivity contribution in [2.75, 3.05) is 32.8 Å². The van der Waals surface area contributed by atoms with Crippen LogP contribution in [0.1, 0.15) is 31.9 Å². The molecule has 3 nitrogen and oxygen atoms in total. The van der Waals surface area contributed by atoms with Crippen LogP contribution in [0, 0.1) is 5.82 Å². The lowest BCUT2D eigenvalue weighted by molar-refractivity contribution is -0.0468. The van der Waals surface area contributed by atoms with Gasteiger partial charge in [-0.15, -0.1) is 0 Å². The minimum Gasteiger partial charge on any atom is -0.374 e. The van der Waals surface area contributed by atoms with Gasteiger partial charge in [0.15, 0.2) is 0 Å². The first kappa shape index (κ1) is 15.4. The van der Waals surface area contributed by atoms with Gasteiger partial charge in [-0.25, -0.2) is 4.39 Å². The van der Waals surface area contributed by atoms with Crippen LogP contribution in [0.3, 0.4) is 0 Å². The Morgan fingerprint density at radius 3 is 3.00 bits per heavy atom. The molecule has 0 bridgehead atoms. The highest BCUT2D eigenvalue weighted by atomic mass is 19.1. The number of benzene rings is 1. The molecule has 20 heavy (non-hydrogen) atoms. The van der Waals surface area contributed by atoms with E-state index < -0.39 is 0 Å². The van der Waals surface area contributed by atoms with Crippen molar-refractivity contribution in [3.63, 3.8) is 0 Å². The molecule has 1 aromatic rings. The Morgan fingerprint density at radius 2 is 2.30 bits per heavy atom. The molecule has 1 fully saturated rings. The average Bonchev–Trinajstić information content (AvgIpc) is 2.45.